The predicted octanol–water partition coefficient (Wildman–Crippen LogP) is 3.76. The number of carbonyl (C=O) groups excluding carboxylic acids is 2. The number of ether oxygens (including phenoxy) is 1. The Bertz CT molecular complexity index is 754. The number of halogens is 1. The van der Waals surface area contributed by atoms with E-state index in [1.54, 1.807) is 48.5 Å². The fraction of sp³-hybridized carbons (Fsp3) is 0.263. The first-order chi connectivity index (χ1) is 12.1. The zero-order valence-corrected chi connectivity index (χ0v) is 14.3. The molecule has 1 aliphatic rings. The molecule has 1 aliphatic heterocycles. The highest BCUT2D eigenvalue weighted by atomic mass is 35.5. The molecule has 0 saturated carbocycles. The van der Waals surface area contributed by atoms with Crippen LogP contribution in [-0.4, -0.2) is 24.6 Å². The van der Waals surface area contributed by atoms with Gasteiger partial charge in [0.05, 0.1) is 5.56 Å². The van der Waals surface area contributed by atoms with E-state index in [2.05, 4.69) is 5.48 Å². The number of nitrogens with one attached hydrogen (secondary N) is 1. The number of hydrogen-bond donors (Lipinski definition) is 1. The lowest BCUT2D eigenvalue weighted by atomic mass is 9.98. The van der Waals surface area contributed by atoms with Gasteiger partial charge < -0.3 is 4.74 Å². The number of hydroxylamine groups is 1. The molecular formula is C19H18ClNO4. The van der Waals surface area contributed by atoms with Crippen LogP contribution in [0.15, 0.2) is 48.5 Å². The topological polar surface area (TPSA) is 64.6 Å². The molecule has 1 fully saturated rings. The number of amides is 1. The normalized spacial score (nSPS) is 17.1. The summed E-state index contributed by atoms with van der Waals surface area (Å²) in [5.41, 5.74) is 3.40. The number of hydrogen-bond acceptors (Lipinski definition) is 4. The molecule has 0 bridgehead atoms. The highest BCUT2D eigenvalue weighted by molar-refractivity contribution is 6.30. The first kappa shape index (κ1) is 17.6. The van der Waals surface area contributed by atoms with Gasteiger partial charge in [-0.25, -0.2) is 10.3 Å². The highest BCUT2D eigenvalue weighted by Crippen LogP contribution is 2.18. The maximum absolute atomic E-state index is 12.7. The fourth-order valence-corrected chi connectivity index (χ4v) is 2.74. The van der Waals surface area contributed by atoms with Gasteiger partial charge in [0.15, 0.2) is 12.1 Å². The first-order valence-corrected chi connectivity index (χ1v) is 8.50. The van der Waals surface area contributed by atoms with Gasteiger partial charge in [0.1, 0.15) is 0 Å². The van der Waals surface area contributed by atoms with Gasteiger partial charge in [-0.3, -0.25) is 9.59 Å². The summed E-state index contributed by atoms with van der Waals surface area (Å²) in [4.78, 5) is 30.4. The summed E-state index contributed by atoms with van der Waals surface area (Å²) >= 11 is 5.86. The van der Waals surface area contributed by atoms with Crippen LogP contribution in [0, 0.1) is 0 Å². The van der Waals surface area contributed by atoms with E-state index >= 15 is 0 Å². The van der Waals surface area contributed by atoms with E-state index in [0.29, 0.717) is 22.8 Å². The van der Waals surface area contributed by atoms with Crippen molar-refractivity contribution in [3.8, 4) is 0 Å². The Labute approximate surface area is 150 Å². The zero-order valence-electron chi connectivity index (χ0n) is 13.5. The molecule has 3 rings (SSSR count). The van der Waals surface area contributed by atoms with E-state index in [-0.39, 0.29) is 11.3 Å². The molecule has 2 aromatic rings. The summed E-state index contributed by atoms with van der Waals surface area (Å²) in [6.45, 7) is 0.617. The summed E-state index contributed by atoms with van der Waals surface area (Å²) < 4.78 is 5.41. The number of benzene rings is 2. The monoisotopic (exact) mass is 359 g/mol. The maximum Gasteiger partial charge on any atom is 0.275 e. The molecule has 1 N–H and O–H groups in total. The minimum atomic E-state index is -0.480. The first-order valence-electron chi connectivity index (χ1n) is 8.12. The quantitative estimate of drug-likeness (QED) is 0.652. The number of rotatable bonds is 5. The molecule has 0 aromatic heterocycles. The SMILES string of the molecule is O=C(NO[C@@H]1CCCCO1)c1ccccc1C(=O)c1ccc(Cl)cc1. The molecule has 0 unspecified atom stereocenters. The van der Waals surface area contributed by atoms with Crippen LogP contribution in [0.3, 0.4) is 0 Å². The standard InChI is InChI=1S/C19H18ClNO4/c20-14-10-8-13(9-11-14)18(22)15-5-1-2-6-16(15)19(23)21-25-17-7-3-4-12-24-17/h1-2,5-6,8-11,17H,3-4,7,12H2,(H,21,23)/t17-/m1/s1. The van der Waals surface area contributed by atoms with Gasteiger partial charge in [-0.15, -0.1) is 0 Å². The van der Waals surface area contributed by atoms with Crippen molar-refractivity contribution < 1.29 is 19.2 Å². The Balaban J connectivity index is 1.74. The van der Waals surface area contributed by atoms with Crippen molar-refractivity contribution in [2.75, 3.05) is 6.61 Å². The van der Waals surface area contributed by atoms with Crippen molar-refractivity contribution in [2.45, 2.75) is 25.6 Å². The van der Waals surface area contributed by atoms with Crippen LogP contribution in [0.5, 0.6) is 0 Å². The van der Waals surface area contributed by atoms with E-state index in [1.807, 2.05) is 0 Å². The Kier molecular flexibility index (Phi) is 5.81. The fourth-order valence-electron chi connectivity index (χ4n) is 2.61. The molecule has 0 radical (unpaired) electrons. The average Bonchev–Trinajstić information content (AvgIpc) is 2.67. The molecule has 0 aliphatic carbocycles. The van der Waals surface area contributed by atoms with Crippen LogP contribution in [0.1, 0.15) is 45.5 Å². The number of carbonyl (C=O) groups is 2. The molecule has 130 valence electrons. The van der Waals surface area contributed by atoms with Gasteiger partial charge in [-0.05, 0) is 43.2 Å². The van der Waals surface area contributed by atoms with Crippen molar-refractivity contribution in [3.63, 3.8) is 0 Å². The smallest absolute Gasteiger partial charge is 0.275 e. The van der Waals surface area contributed by atoms with Gasteiger partial charge in [0.25, 0.3) is 5.91 Å². The second kappa shape index (κ2) is 8.25. The van der Waals surface area contributed by atoms with Gasteiger partial charge in [-0.2, -0.15) is 0 Å². The molecule has 2 aromatic carbocycles. The van der Waals surface area contributed by atoms with Crippen LogP contribution >= 0.6 is 11.6 Å². The molecule has 5 nitrogen and oxygen atoms in total. The van der Waals surface area contributed by atoms with Crippen molar-refractivity contribution in [1.82, 2.24) is 5.48 Å². The molecule has 1 saturated heterocycles. The van der Waals surface area contributed by atoms with Gasteiger partial charge >= 0.3 is 0 Å². The summed E-state index contributed by atoms with van der Waals surface area (Å²) in [6, 6.07) is 13.2. The summed E-state index contributed by atoms with van der Waals surface area (Å²) in [5, 5.41) is 0.545. The average molecular weight is 360 g/mol. The molecule has 6 heteroatoms. The third-order valence-corrected chi connectivity index (χ3v) is 4.20. The highest BCUT2D eigenvalue weighted by Gasteiger charge is 2.20. The Morgan fingerprint density at radius 1 is 1.04 bits per heavy atom. The zero-order chi connectivity index (χ0) is 17.6. The van der Waals surface area contributed by atoms with Gasteiger partial charge in [0.2, 0.25) is 0 Å². The van der Waals surface area contributed by atoms with Gasteiger partial charge in [-0.1, -0.05) is 29.8 Å². The Morgan fingerprint density at radius 3 is 2.44 bits per heavy atom. The minimum absolute atomic E-state index is 0.248. The van der Waals surface area contributed by atoms with E-state index in [1.165, 1.54) is 0 Å². The molecule has 25 heavy (non-hydrogen) atoms. The molecule has 0 spiro atoms. The maximum atomic E-state index is 12.7. The van der Waals surface area contributed by atoms with E-state index in [4.69, 9.17) is 21.2 Å². The summed E-state index contributed by atoms with van der Waals surface area (Å²) in [5.74, 6) is -0.733. The van der Waals surface area contributed by atoms with Crippen LogP contribution < -0.4 is 5.48 Å². The summed E-state index contributed by atoms with van der Waals surface area (Å²) in [7, 11) is 0. The Morgan fingerprint density at radius 2 is 1.76 bits per heavy atom. The van der Waals surface area contributed by atoms with Crippen molar-refractivity contribution in [2.24, 2.45) is 0 Å². The van der Waals surface area contributed by atoms with Crippen LogP contribution in [-0.2, 0) is 9.57 Å². The van der Waals surface area contributed by atoms with Crippen molar-refractivity contribution in [1.29, 1.82) is 0 Å². The lowest BCUT2D eigenvalue weighted by molar-refractivity contribution is -0.186. The third kappa shape index (κ3) is 4.45. The molecule has 1 atom stereocenters. The largest absolute Gasteiger partial charge is 0.350 e. The second-order valence-corrected chi connectivity index (χ2v) is 6.16. The lowest BCUT2D eigenvalue weighted by Gasteiger charge is -2.22. The second-order valence-electron chi connectivity index (χ2n) is 5.73. The summed E-state index contributed by atoms with van der Waals surface area (Å²) in [6.07, 6.45) is 2.26. The van der Waals surface area contributed by atoms with Crippen LogP contribution in [0.25, 0.3) is 0 Å². The molecule has 1 heterocycles. The van der Waals surface area contributed by atoms with Gasteiger partial charge in [0, 0.05) is 29.2 Å². The van der Waals surface area contributed by atoms with E-state index in [0.717, 1.165) is 19.3 Å². The lowest BCUT2D eigenvalue weighted by Crippen LogP contribution is -2.33. The Hall–Kier alpha value is -2.21. The van der Waals surface area contributed by atoms with E-state index in [9.17, 15) is 9.59 Å². The molecule has 1 amide bonds. The van der Waals surface area contributed by atoms with E-state index < -0.39 is 12.2 Å². The van der Waals surface area contributed by atoms with Crippen molar-refractivity contribution >= 4 is 23.3 Å². The van der Waals surface area contributed by atoms with Crippen molar-refractivity contribution in [3.05, 3.63) is 70.2 Å². The minimum Gasteiger partial charge on any atom is -0.350 e. The van der Waals surface area contributed by atoms with Crippen LogP contribution in [0.4, 0.5) is 0 Å². The molecular weight excluding hydrogens is 342 g/mol. The third-order valence-electron chi connectivity index (χ3n) is 3.94. The predicted molar refractivity (Wildman–Crippen MR) is 93.5 cm³/mol. The van der Waals surface area contributed by atoms with Crippen LogP contribution in [0.2, 0.25) is 5.02 Å². The number of ketones is 1.